The Kier molecular flexibility index (Phi) is 3.39. The van der Waals surface area contributed by atoms with Gasteiger partial charge < -0.3 is 10.2 Å². The molecule has 0 saturated heterocycles. The van der Waals surface area contributed by atoms with E-state index in [-0.39, 0.29) is 18.0 Å². The summed E-state index contributed by atoms with van der Waals surface area (Å²) in [5.41, 5.74) is 7.21. The van der Waals surface area contributed by atoms with Gasteiger partial charge >= 0.3 is 0 Å². The molecular weight excluding hydrogens is 228 g/mol. The predicted octanol–water partition coefficient (Wildman–Crippen LogP) is 2.27. The number of furan rings is 1. The molecule has 1 aromatic carbocycles. The number of carbonyl (C=O) groups is 1. The van der Waals surface area contributed by atoms with Gasteiger partial charge in [0, 0.05) is 5.39 Å². The standard InChI is InChI=1S/C14H18N2O2/c1-8-11-6-4-5-7-12(11)18-13(8)9(2)16-10(3)14(15)17/h4-7,9-10,16H,1-3H3,(H2,15,17). The second-order valence-corrected chi connectivity index (χ2v) is 4.60. The third-order valence-corrected chi connectivity index (χ3v) is 3.20. The minimum atomic E-state index is -0.382. The zero-order valence-electron chi connectivity index (χ0n) is 10.9. The Morgan fingerprint density at radius 3 is 2.61 bits per heavy atom. The summed E-state index contributed by atoms with van der Waals surface area (Å²) < 4.78 is 5.83. The summed E-state index contributed by atoms with van der Waals surface area (Å²) in [5, 5.41) is 4.23. The Balaban J connectivity index is 2.30. The van der Waals surface area contributed by atoms with E-state index in [0.717, 1.165) is 22.3 Å². The van der Waals surface area contributed by atoms with Crippen molar-refractivity contribution in [2.45, 2.75) is 32.9 Å². The van der Waals surface area contributed by atoms with E-state index < -0.39 is 0 Å². The van der Waals surface area contributed by atoms with Gasteiger partial charge in [-0.15, -0.1) is 0 Å². The number of hydrogen-bond donors (Lipinski definition) is 2. The molecule has 0 radical (unpaired) electrons. The van der Waals surface area contributed by atoms with Crippen molar-refractivity contribution < 1.29 is 9.21 Å². The first-order valence-electron chi connectivity index (χ1n) is 6.04. The smallest absolute Gasteiger partial charge is 0.234 e. The lowest BCUT2D eigenvalue weighted by molar-refractivity contribution is -0.119. The van der Waals surface area contributed by atoms with Crippen LogP contribution in [0.2, 0.25) is 0 Å². The van der Waals surface area contributed by atoms with Gasteiger partial charge in [-0.3, -0.25) is 10.1 Å². The fourth-order valence-electron chi connectivity index (χ4n) is 2.14. The lowest BCUT2D eigenvalue weighted by Gasteiger charge is -2.16. The van der Waals surface area contributed by atoms with E-state index in [1.807, 2.05) is 38.1 Å². The molecule has 2 aromatic rings. The van der Waals surface area contributed by atoms with Crippen LogP contribution in [-0.4, -0.2) is 11.9 Å². The molecule has 3 N–H and O–H groups in total. The molecule has 0 bridgehead atoms. The van der Waals surface area contributed by atoms with Gasteiger partial charge in [0.05, 0.1) is 12.1 Å². The van der Waals surface area contributed by atoms with Crippen LogP contribution in [0.5, 0.6) is 0 Å². The maximum atomic E-state index is 11.1. The molecule has 96 valence electrons. The topological polar surface area (TPSA) is 68.3 Å². The first kappa shape index (κ1) is 12.6. The van der Waals surface area contributed by atoms with Crippen molar-refractivity contribution in [1.82, 2.24) is 5.32 Å². The summed E-state index contributed by atoms with van der Waals surface area (Å²) in [7, 11) is 0. The third kappa shape index (κ3) is 2.24. The molecule has 18 heavy (non-hydrogen) atoms. The van der Waals surface area contributed by atoms with Crippen molar-refractivity contribution in [2.24, 2.45) is 5.73 Å². The largest absolute Gasteiger partial charge is 0.459 e. The number of aryl methyl sites for hydroxylation is 1. The number of carbonyl (C=O) groups excluding carboxylic acids is 1. The van der Waals surface area contributed by atoms with Crippen LogP contribution in [0.4, 0.5) is 0 Å². The Labute approximate surface area is 106 Å². The van der Waals surface area contributed by atoms with E-state index in [1.165, 1.54) is 0 Å². The first-order valence-corrected chi connectivity index (χ1v) is 6.04. The van der Waals surface area contributed by atoms with Gasteiger partial charge in [0.1, 0.15) is 11.3 Å². The van der Waals surface area contributed by atoms with Crippen molar-refractivity contribution in [1.29, 1.82) is 0 Å². The summed E-state index contributed by atoms with van der Waals surface area (Å²) in [5.74, 6) is 0.486. The number of benzene rings is 1. The highest BCUT2D eigenvalue weighted by Crippen LogP contribution is 2.29. The SMILES string of the molecule is Cc1c(C(C)NC(C)C(N)=O)oc2ccccc12. The lowest BCUT2D eigenvalue weighted by atomic mass is 10.1. The normalized spacial score (nSPS) is 14.6. The number of nitrogens with one attached hydrogen (secondary N) is 1. The molecular formula is C14H18N2O2. The Bertz CT molecular complexity index is 574. The number of fused-ring (bicyclic) bond motifs is 1. The van der Waals surface area contributed by atoms with E-state index in [4.69, 9.17) is 10.2 Å². The van der Waals surface area contributed by atoms with Crippen LogP contribution in [0.15, 0.2) is 28.7 Å². The number of amides is 1. The van der Waals surface area contributed by atoms with Gasteiger partial charge in [-0.05, 0) is 32.4 Å². The van der Waals surface area contributed by atoms with Crippen molar-refractivity contribution in [3.63, 3.8) is 0 Å². The molecule has 1 amide bonds. The molecule has 2 atom stereocenters. The molecule has 0 aliphatic carbocycles. The Morgan fingerprint density at radius 1 is 1.33 bits per heavy atom. The zero-order chi connectivity index (χ0) is 13.3. The van der Waals surface area contributed by atoms with Crippen LogP contribution < -0.4 is 11.1 Å². The fraction of sp³-hybridized carbons (Fsp3) is 0.357. The van der Waals surface area contributed by atoms with Crippen molar-refractivity contribution in [3.05, 3.63) is 35.6 Å². The number of rotatable bonds is 4. The number of primary amides is 1. The van der Waals surface area contributed by atoms with E-state index in [0.29, 0.717) is 0 Å². The molecule has 0 aliphatic rings. The second kappa shape index (κ2) is 4.82. The van der Waals surface area contributed by atoms with E-state index in [2.05, 4.69) is 5.32 Å². The monoisotopic (exact) mass is 246 g/mol. The Morgan fingerprint density at radius 2 is 2.00 bits per heavy atom. The molecule has 0 fully saturated rings. The van der Waals surface area contributed by atoms with Crippen molar-refractivity contribution in [2.75, 3.05) is 0 Å². The highest BCUT2D eigenvalue weighted by molar-refractivity contribution is 5.82. The van der Waals surface area contributed by atoms with Gasteiger partial charge in [-0.1, -0.05) is 18.2 Å². The average molecular weight is 246 g/mol. The average Bonchev–Trinajstić information content (AvgIpc) is 2.67. The predicted molar refractivity (Wildman–Crippen MR) is 71.2 cm³/mol. The van der Waals surface area contributed by atoms with E-state index >= 15 is 0 Å². The molecule has 0 spiro atoms. The maximum absolute atomic E-state index is 11.1. The van der Waals surface area contributed by atoms with Crippen molar-refractivity contribution >= 4 is 16.9 Å². The molecule has 2 rings (SSSR count). The van der Waals surface area contributed by atoms with E-state index in [9.17, 15) is 4.79 Å². The number of nitrogens with two attached hydrogens (primary N) is 1. The zero-order valence-corrected chi connectivity index (χ0v) is 10.9. The summed E-state index contributed by atoms with van der Waals surface area (Å²) in [4.78, 5) is 11.1. The van der Waals surface area contributed by atoms with Crippen molar-refractivity contribution in [3.8, 4) is 0 Å². The quantitative estimate of drug-likeness (QED) is 0.869. The molecule has 2 unspecified atom stereocenters. The van der Waals surface area contributed by atoms with Gasteiger partial charge in [0.25, 0.3) is 0 Å². The number of para-hydroxylation sites is 1. The maximum Gasteiger partial charge on any atom is 0.234 e. The molecule has 0 aliphatic heterocycles. The van der Waals surface area contributed by atoms with Crippen LogP contribution >= 0.6 is 0 Å². The first-order chi connectivity index (χ1) is 8.50. The minimum absolute atomic E-state index is 0.0556. The van der Waals surface area contributed by atoms with Gasteiger partial charge in [0.15, 0.2) is 0 Å². The van der Waals surface area contributed by atoms with Crippen LogP contribution in [-0.2, 0) is 4.79 Å². The number of hydrogen-bond acceptors (Lipinski definition) is 3. The highest BCUT2D eigenvalue weighted by atomic mass is 16.3. The van der Waals surface area contributed by atoms with Crippen LogP contribution in [0, 0.1) is 6.92 Å². The lowest BCUT2D eigenvalue weighted by Crippen LogP contribution is -2.40. The van der Waals surface area contributed by atoms with E-state index in [1.54, 1.807) is 6.92 Å². The third-order valence-electron chi connectivity index (χ3n) is 3.20. The van der Waals surface area contributed by atoms with Crippen LogP contribution in [0.1, 0.15) is 31.2 Å². The summed E-state index contributed by atoms with van der Waals surface area (Å²) in [6.45, 7) is 5.73. The van der Waals surface area contributed by atoms with Gasteiger partial charge in [0.2, 0.25) is 5.91 Å². The van der Waals surface area contributed by atoms with Gasteiger partial charge in [-0.2, -0.15) is 0 Å². The van der Waals surface area contributed by atoms with Crippen LogP contribution in [0.25, 0.3) is 11.0 Å². The summed E-state index contributed by atoms with van der Waals surface area (Å²) in [6.07, 6.45) is 0. The summed E-state index contributed by atoms with van der Waals surface area (Å²) >= 11 is 0. The summed E-state index contributed by atoms with van der Waals surface area (Å²) in [6, 6.07) is 7.46. The van der Waals surface area contributed by atoms with Gasteiger partial charge in [-0.25, -0.2) is 0 Å². The molecule has 1 heterocycles. The fourth-order valence-corrected chi connectivity index (χ4v) is 2.14. The molecule has 4 heteroatoms. The van der Waals surface area contributed by atoms with Crippen LogP contribution in [0.3, 0.4) is 0 Å². The minimum Gasteiger partial charge on any atom is -0.459 e. The Hall–Kier alpha value is -1.81. The molecule has 4 nitrogen and oxygen atoms in total. The molecule has 0 saturated carbocycles. The second-order valence-electron chi connectivity index (χ2n) is 4.60. The molecule has 1 aromatic heterocycles. The highest BCUT2D eigenvalue weighted by Gasteiger charge is 2.19.